The number of carbonyl (C=O) groups excluding carboxylic acids is 1. The topological polar surface area (TPSA) is 76.0 Å². The number of hydrogen-bond donors (Lipinski definition) is 2. The summed E-state index contributed by atoms with van der Waals surface area (Å²) in [6.07, 6.45) is 0.393. The van der Waals surface area contributed by atoms with Crippen molar-refractivity contribution in [2.75, 3.05) is 26.9 Å². The van der Waals surface area contributed by atoms with Crippen LogP contribution in [0.4, 0.5) is 0 Å². The van der Waals surface area contributed by atoms with Gasteiger partial charge in [0.2, 0.25) is 0 Å². The average molecular weight is 344 g/mol. The van der Waals surface area contributed by atoms with Gasteiger partial charge in [0.25, 0.3) is 0 Å². The highest BCUT2D eigenvalue weighted by Gasteiger charge is 2.21. The quantitative estimate of drug-likeness (QED) is 0.566. The van der Waals surface area contributed by atoms with Crippen LogP contribution in [0.2, 0.25) is 0 Å². The number of phenolic OH excluding ortho intramolecular Hbond substituents is 2. The van der Waals surface area contributed by atoms with Crippen LogP contribution in [-0.2, 0) is 15.9 Å². The van der Waals surface area contributed by atoms with Crippen molar-refractivity contribution in [2.45, 2.75) is 20.3 Å². The number of rotatable bonds is 8. The predicted molar refractivity (Wildman–Crippen MR) is 96.3 cm³/mol. The Balaban J connectivity index is 2.49. The molecular weight excluding hydrogens is 320 g/mol. The van der Waals surface area contributed by atoms with Gasteiger partial charge in [0, 0.05) is 18.7 Å². The molecule has 0 spiro atoms. The van der Waals surface area contributed by atoms with Gasteiger partial charge in [-0.15, -0.1) is 0 Å². The molecule has 0 aromatic heterocycles. The van der Waals surface area contributed by atoms with Crippen LogP contribution in [0.3, 0.4) is 0 Å². The molecule has 0 unspecified atom stereocenters. The molecule has 25 heavy (non-hydrogen) atoms. The molecule has 0 saturated carbocycles. The summed E-state index contributed by atoms with van der Waals surface area (Å²) >= 11 is 0. The first-order valence-electron chi connectivity index (χ1n) is 8.18. The molecule has 0 fully saturated rings. The van der Waals surface area contributed by atoms with Gasteiger partial charge in [-0.25, -0.2) is 0 Å². The Labute approximate surface area is 147 Å². The van der Waals surface area contributed by atoms with Gasteiger partial charge in [0.05, 0.1) is 25.4 Å². The first kappa shape index (κ1) is 19.0. The van der Waals surface area contributed by atoms with E-state index in [9.17, 15) is 15.0 Å². The van der Waals surface area contributed by atoms with Crippen molar-refractivity contribution in [1.82, 2.24) is 0 Å². The highest BCUT2D eigenvalue weighted by Crippen LogP contribution is 2.40. The summed E-state index contributed by atoms with van der Waals surface area (Å²) in [5.74, 6) is -0.522. The minimum absolute atomic E-state index is 0.0556. The van der Waals surface area contributed by atoms with Gasteiger partial charge in [-0.2, -0.15) is 0 Å². The normalized spacial score (nSPS) is 10.8. The highest BCUT2D eigenvalue weighted by molar-refractivity contribution is 6.01. The van der Waals surface area contributed by atoms with Crippen LogP contribution in [0.25, 0.3) is 11.1 Å². The number of ether oxygens (including phenoxy) is 2. The molecule has 0 bridgehead atoms. The second-order valence-electron chi connectivity index (χ2n) is 5.92. The summed E-state index contributed by atoms with van der Waals surface area (Å²) in [6.45, 7) is 4.64. The van der Waals surface area contributed by atoms with Crippen LogP contribution in [0, 0.1) is 6.92 Å². The predicted octanol–water partition coefficient (Wildman–Crippen LogP) is 3.48. The molecule has 0 heterocycles. The Morgan fingerprint density at radius 1 is 1.08 bits per heavy atom. The van der Waals surface area contributed by atoms with Crippen LogP contribution >= 0.6 is 0 Å². The lowest BCUT2D eigenvalue weighted by molar-refractivity contribution is 0.0721. The van der Waals surface area contributed by atoms with E-state index in [0.717, 1.165) is 11.1 Å². The molecule has 5 heteroatoms. The Kier molecular flexibility index (Phi) is 6.56. The van der Waals surface area contributed by atoms with Gasteiger partial charge < -0.3 is 19.7 Å². The average Bonchev–Trinajstić information content (AvgIpc) is 2.53. The minimum Gasteiger partial charge on any atom is -0.507 e. The van der Waals surface area contributed by atoms with Crippen LogP contribution in [-0.4, -0.2) is 42.9 Å². The fourth-order valence-electron chi connectivity index (χ4n) is 2.89. The molecule has 134 valence electrons. The van der Waals surface area contributed by atoms with Crippen LogP contribution in [0.1, 0.15) is 28.4 Å². The standard InChI is InChI=1S/C20H24O5/c1-13-5-4-6-15(11-13)20-16(7-8-25-10-9-24-3)19(14(2)21)17(22)12-18(20)23/h4-6,11-12,22-23H,7-10H2,1-3H3. The van der Waals surface area contributed by atoms with Gasteiger partial charge in [-0.05, 0) is 31.4 Å². The first-order valence-corrected chi connectivity index (χ1v) is 8.18. The molecule has 0 atom stereocenters. The zero-order valence-electron chi connectivity index (χ0n) is 14.8. The Morgan fingerprint density at radius 3 is 2.48 bits per heavy atom. The summed E-state index contributed by atoms with van der Waals surface area (Å²) in [6, 6.07) is 8.89. The van der Waals surface area contributed by atoms with Gasteiger partial charge in [0.1, 0.15) is 11.5 Å². The molecule has 2 aromatic rings. The van der Waals surface area contributed by atoms with Crippen molar-refractivity contribution in [2.24, 2.45) is 0 Å². The molecule has 2 rings (SSSR count). The van der Waals surface area contributed by atoms with Crippen molar-refractivity contribution in [3.8, 4) is 22.6 Å². The number of Topliss-reactive ketones (excluding diaryl/α,β-unsaturated/α-hetero) is 1. The molecule has 2 aromatic carbocycles. The van der Waals surface area contributed by atoms with Crippen molar-refractivity contribution in [3.63, 3.8) is 0 Å². The van der Waals surface area contributed by atoms with E-state index in [4.69, 9.17) is 9.47 Å². The summed E-state index contributed by atoms with van der Waals surface area (Å²) < 4.78 is 10.4. The fourth-order valence-corrected chi connectivity index (χ4v) is 2.89. The number of ketones is 1. The molecule has 0 aliphatic rings. The molecule has 0 aliphatic carbocycles. The molecule has 0 radical (unpaired) electrons. The Morgan fingerprint density at radius 2 is 1.84 bits per heavy atom. The summed E-state index contributed by atoms with van der Waals surface area (Å²) in [4.78, 5) is 12.1. The number of aryl methyl sites for hydroxylation is 1. The lowest BCUT2D eigenvalue weighted by Crippen LogP contribution is -2.09. The molecule has 5 nitrogen and oxygen atoms in total. The van der Waals surface area contributed by atoms with Gasteiger partial charge >= 0.3 is 0 Å². The van der Waals surface area contributed by atoms with Crippen molar-refractivity contribution < 1.29 is 24.5 Å². The summed E-state index contributed by atoms with van der Waals surface area (Å²) in [7, 11) is 1.60. The van der Waals surface area contributed by atoms with E-state index >= 15 is 0 Å². The molecule has 0 saturated heterocycles. The maximum Gasteiger partial charge on any atom is 0.163 e. The van der Waals surface area contributed by atoms with E-state index in [0.29, 0.717) is 37.4 Å². The van der Waals surface area contributed by atoms with Crippen LogP contribution < -0.4 is 0 Å². The molecule has 0 aliphatic heterocycles. The highest BCUT2D eigenvalue weighted by atomic mass is 16.5. The third-order valence-corrected chi connectivity index (χ3v) is 3.98. The lowest BCUT2D eigenvalue weighted by Gasteiger charge is -2.17. The molecular formula is C20H24O5. The lowest BCUT2D eigenvalue weighted by atomic mass is 9.90. The maximum absolute atomic E-state index is 12.1. The molecule has 0 amide bonds. The van der Waals surface area contributed by atoms with E-state index in [1.54, 1.807) is 7.11 Å². The third-order valence-electron chi connectivity index (χ3n) is 3.98. The number of carbonyl (C=O) groups is 1. The Bertz CT molecular complexity index is 752. The van der Waals surface area contributed by atoms with E-state index < -0.39 is 0 Å². The smallest absolute Gasteiger partial charge is 0.163 e. The largest absolute Gasteiger partial charge is 0.507 e. The van der Waals surface area contributed by atoms with Gasteiger partial charge in [-0.1, -0.05) is 29.8 Å². The molecule has 2 N–H and O–H groups in total. The zero-order chi connectivity index (χ0) is 18.4. The van der Waals surface area contributed by atoms with Crippen LogP contribution in [0.15, 0.2) is 30.3 Å². The van der Waals surface area contributed by atoms with E-state index in [1.807, 2.05) is 31.2 Å². The van der Waals surface area contributed by atoms with Crippen molar-refractivity contribution in [3.05, 3.63) is 47.0 Å². The third kappa shape index (κ3) is 4.59. The minimum atomic E-state index is -0.252. The van der Waals surface area contributed by atoms with E-state index in [2.05, 4.69) is 0 Å². The number of benzene rings is 2. The second kappa shape index (κ2) is 8.65. The summed E-state index contributed by atoms with van der Waals surface area (Å²) in [5, 5.41) is 20.6. The van der Waals surface area contributed by atoms with Crippen molar-refractivity contribution >= 4 is 5.78 Å². The zero-order valence-corrected chi connectivity index (χ0v) is 14.8. The number of phenols is 2. The van der Waals surface area contributed by atoms with Crippen LogP contribution in [0.5, 0.6) is 11.5 Å². The van der Waals surface area contributed by atoms with E-state index in [1.165, 1.54) is 13.0 Å². The number of aromatic hydroxyl groups is 2. The van der Waals surface area contributed by atoms with E-state index in [-0.39, 0.29) is 22.8 Å². The maximum atomic E-state index is 12.1. The van der Waals surface area contributed by atoms with Crippen molar-refractivity contribution in [1.29, 1.82) is 0 Å². The second-order valence-corrected chi connectivity index (χ2v) is 5.92. The first-order chi connectivity index (χ1) is 12.0. The number of hydrogen-bond acceptors (Lipinski definition) is 5. The van der Waals surface area contributed by atoms with Gasteiger partial charge in [-0.3, -0.25) is 4.79 Å². The monoisotopic (exact) mass is 344 g/mol. The van der Waals surface area contributed by atoms with Gasteiger partial charge in [0.15, 0.2) is 5.78 Å². The fraction of sp³-hybridized carbons (Fsp3) is 0.350. The summed E-state index contributed by atoms with van der Waals surface area (Å²) in [5.41, 5.74) is 3.21. The number of methoxy groups -OCH3 is 1. The Hall–Kier alpha value is -2.37. The SMILES string of the molecule is COCCOCCc1c(C(C)=O)c(O)cc(O)c1-c1cccc(C)c1.